The number of rotatable bonds is 1. The van der Waals surface area contributed by atoms with E-state index in [-0.39, 0.29) is 11.2 Å². The molecule has 0 aliphatic carbocycles. The minimum atomic E-state index is -0.358. The first kappa shape index (κ1) is 11.9. The number of aromatic hydroxyl groups is 1. The number of hydrogen-bond donors (Lipinski definition) is 1. The van der Waals surface area contributed by atoms with Gasteiger partial charge in [0.25, 0.3) is 0 Å². The van der Waals surface area contributed by atoms with Crippen LogP contribution in [0.2, 0.25) is 0 Å². The Morgan fingerprint density at radius 2 is 1.74 bits per heavy atom. The number of aryl methyl sites for hydroxylation is 1. The highest BCUT2D eigenvalue weighted by Crippen LogP contribution is 2.37. The summed E-state index contributed by atoms with van der Waals surface area (Å²) in [6, 6.07) is 14.6. The third-order valence-corrected chi connectivity index (χ3v) is 4.23. The fourth-order valence-corrected chi connectivity index (χ4v) is 3.34. The Labute approximate surface area is 114 Å². The van der Waals surface area contributed by atoms with Gasteiger partial charge in [0.2, 0.25) is 5.43 Å². The molecule has 0 bridgehead atoms. The lowest BCUT2D eigenvalue weighted by molar-refractivity contribution is 0.471. The number of benzene rings is 1. The lowest BCUT2D eigenvalue weighted by Crippen LogP contribution is -1.91. The van der Waals surface area contributed by atoms with Gasteiger partial charge in [0.1, 0.15) is 0 Å². The summed E-state index contributed by atoms with van der Waals surface area (Å²) in [6.45, 7) is 2.07. The smallest absolute Gasteiger partial charge is 0.220 e. The van der Waals surface area contributed by atoms with Gasteiger partial charge in [-0.2, -0.15) is 0 Å². The maximum absolute atomic E-state index is 11.4. The second-order valence-corrected chi connectivity index (χ2v) is 5.66. The molecule has 0 saturated heterocycles. The second kappa shape index (κ2) is 4.52. The average Bonchev–Trinajstić information content (AvgIpc) is 2.65. The third-order valence-electron chi connectivity index (χ3n) is 3.15. The molecule has 94 valence electrons. The van der Waals surface area contributed by atoms with Crippen molar-refractivity contribution >= 4 is 21.4 Å². The van der Waals surface area contributed by atoms with Crippen LogP contribution in [0.3, 0.4) is 0 Å². The van der Waals surface area contributed by atoms with Crippen molar-refractivity contribution in [2.45, 2.75) is 6.92 Å². The Morgan fingerprint density at radius 1 is 1.00 bits per heavy atom. The molecule has 0 fully saturated rings. The molecule has 2 aromatic carbocycles. The van der Waals surface area contributed by atoms with Gasteiger partial charge in [-0.3, -0.25) is 4.79 Å². The lowest BCUT2D eigenvalue weighted by Gasteiger charge is -1.99. The summed E-state index contributed by atoms with van der Waals surface area (Å²) in [6.07, 6.45) is 0. The zero-order chi connectivity index (χ0) is 13.4. The average molecular weight is 268 g/mol. The van der Waals surface area contributed by atoms with Gasteiger partial charge in [0.15, 0.2) is 5.75 Å². The predicted molar refractivity (Wildman–Crippen MR) is 79.9 cm³/mol. The van der Waals surface area contributed by atoms with Crippen molar-refractivity contribution in [1.82, 2.24) is 0 Å². The molecule has 0 saturated carbocycles. The predicted octanol–water partition coefficient (Wildman–Crippen LogP) is 3.94. The molecular weight excluding hydrogens is 256 g/mol. The molecule has 0 spiro atoms. The van der Waals surface area contributed by atoms with Crippen LogP contribution >= 0.6 is 11.3 Å². The zero-order valence-electron chi connectivity index (χ0n) is 10.4. The monoisotopic (exact) mass is 268 g/mol. The van der Waals surface area contributed by atoms with Crippen LogP contribution in [0.1, 0.15) is 4.88 Å². The maximum atomic E-state index is 11.4. The Hall–Kier alpha value is -2.13. The fraction of sp³-hybridized carbons (Fsp3) is 0.0625. The summed E-state index contributed by atoms with van der Waals surface area (Å²) >= 11 is 1.74. The summed E-state index contributed by atoms with van der Waals surface area (Å²) in [7, 11) is 0. The zero-order valence-corrected chi connectivity index (χ0v) is 11.2. The number of thiophene rings is 1. The second-order valence-electron chi connectivity index (χ2n) is 4.40. The van der Waals surface area contributed by atoms with Gasteiger partial charge in [-0.1, -0.05) is 30.3 Å². The minimum absolute atomic E-state index is 0.219. The van der Waals surface area contributed by atoms with E-state index in [1.54, 1.807) is 23.5 Å². The van der Waals surface area contributed by atoms with E-state index in [4.69, 9.17) is 0 Å². The van der Waals surface area contributed by atoms with Crippen LogP contribution in [-0.2, 0) is 0 Å². The molecule has 0 unspecified atom stereocenters. The molecule has 0 aliphatic heterocycles. The van der Waals surface area contributed by atoms with Crippen LogP contribution < -0.4 is 5.43 Å². The van der Waals surface area contributed by atoms with E-state index in [1.165, 1.54) is 27.1 Å². The summed E-state index contributed by atoms with van der Waals surface area (Å²) in [5, 5.41) is 10.7. The molecule has 3 rings (SSSR count). The first-order valence-electron chi connectivity index (χ1n) is 5.98. The molecule has 0 amide bonds. The van der Waals surface area contributed by atoms with Crippen molar-refractivity contribution in [3.63, 3.8) is 0 Å². The van der Waals surface area contributed by atoms with Gasteiger partial charge < -0.3 is 5.11 Å². The minimum Gasteiger partial charge on any atom is -0.504 e. The first-order valence-corrected chi connectivity index (χ1v) is 6.80. The fourth-order valence-electron chi connectivity index (χ4n) is 2.25. The quantitative estimate of drug-likeness (QED) is 0.725. The van der Waals surface area contributed by atoms with Crippen LogP contribution in [0.25, 0.3) is 21.2 Å². The molecule has 1 heterocycles. The molecule has 0 aliphatic rings. The molecular formula is C16H12O2S. The van der Waals surface area contributed by atoms with Gasteiger partial charge in [0, 0.05) is 20.5 Å². The van der Waals surface area contributed by atoms with E-state index in [9.17, 15) is 9.90 Å². The van der Waals surface area contributed by atoms with Gasteiger partial charge in [-0.15, -0.1) is 11.3 Å². The van der Waals surface area contributed by atoms with Gasteiger partial charge in [0.05, 0.1) is 0 Å². The van der Waals surface area contributed by atoms with Crippen molar-refractivity contribution in [1.29, 1.82) is 0 Å². The van der Waals surface area contributed by atoms with Gasteiger partial charge >= 0.3 is 0 Å². The highest BCUT2D eigenvalue weighted by Gasteiger charge is 2.10. The highest BCUT2D eigenvalue weighted by molar-refractivity contribution is 7.19. The van der Waals surface area contributed by atoms with E-state index < -0.39 is 0 Å². The standard InChI is InChI=1S/C16H12O2S/c1-10-16(12-4-2-3-5-15(12)19-10)11-6-8-13(17)14(18)9-7-11/h2-9H,1H3,(H,17,18). The van der Waals surface area contributed by atoms with Crippen molar-refractivity contribution < 1.29 is 5.11 Å². The van der Waals surface area contributed by atoms with Crippen molar-refractivity contribution in [3.05, 3.63) is 63.6 Å². The van der Waals surface area contributed by atoms with Crippen LogP contribution in [-0.4, -0.2) is 5.11 Å². The van der Waals surface area contributed by atoms with E-state index >= 15 is 0 Å². The van der Waals surface area contributed by atoms with E-state index in [0.29, 0.717) is 0 Å². The summed E-state index contributed by atoms with van der Waals surface area (Å²) in [5.74, 6) is -0.219. The summed E-state index contributed by atoms with van der Waals surface area (Å²) in [4.78, 5) is 12.6. The Kier molecular flexibility index (Phi) is 2.84. The molecule has 3 heteroatoms. The topological polar surface area (TPSA) is 37.3 Å². The lowest BCUT2D eigenvalue weighted by atomic mass is 10.0. The first-order chi connectivity index (χ1) is 9.16. The molecule has 1 aromatic heterocycles. The Balaban J connectivity index is 2.33. The number of fused-ring (bicyclic) bond motifs is 1. The Morgan fingerprint density at radius 3 is 2.58 bits per heavy atom. The SMILES string of the molecule is Cc1sc2ccccc2c1-c1ccc(O)c(=O)cc1. The maximum Gasteiger partial charge on any atom is 0.220 e. The van der Waals surface area contributed by atoms with Crippen LogP contribution in [0.5, 0.6) is 5.75 Å². The van der Waals surface area contributed by atoms with Gasteiger partial charge in [-0.25, -0.2) is 0 Å². The van der Waals surface area contributed by atoms with E-state index in [2.05, 4.69) is 19.1 Å². The van der Waals surface area contributed by atoms with Crippen LogP contribution in [0.15, 0.2) is 53.3 Å². The molecule has 19 heavy (non-hydrogen) atoms. The molecule has 2 nitrogen and oxygen atoms in total. The van der Waals surface area contributed by atoms with E-state index in [1.807, 2.05) is 12.1 Å². The normalized spacial score (nSPS) is 10.8. The number of hydrogen-bond acceptors (Lipinski definition) is 3. The van der Waals surface area contributed by atoms with Crippen LogP contribution in [0, 0.1) is 6.92 Å². The summed E-state index contributed by atoms with van der Waals surface area (Å²) in [5.41, 5.74) is 1.73. The van der Waals surface area contributed by atoms with Crippen LogP contribution in [0.4, 0.5) is 0 Å². The third kappa shape index (κ3) is 2.02. The molecule has 1 N–H and O–H groups in total. The molecule has 0 atom stereocenters. The highest BCUT2D eigenvalue weighted by atomic mass is 32.1. The van der Waals surface area contributed by atoms with Gasteiger partial charge in [-0.05, 0) is 30.7 Å². The molecule has 3 aromatic rings. The van der Waals surface area contributed by atoms with Crippen molar-refractivity contribution in [3.8, 4) is 16.9 Å². The van der Waals surface area contributed by atoms with Crippen molar-refractivity contribution in [2.24, 2.45) is 0 Å². The summed E-state index contributed by atoms with van der Waals surface area (Å²) < 4.78 is 1.23. The van der Waals surface area contributed by atoms with Crippen molar-refractivity contribution in [2.75, 3.05) is 0 Å². The Bertz CT molecular complexity index is 818. The largest absolute Gasteiger partial charge is 0.504 e. The molecule has 0 radical (unpaired) electrons. The van der Waals surface area contributed by atoms with E-state index in [0.717, 1.165) is 11.1 Å².